The van der Waals surface area contributed by atoms with Crippen LogP contribution in [-0.4, -0.2) is 33.1 Å². The Kier molecular flexibility index (Phi) is 5.54. The Morgan fingerprint density at radius 3 is 2.10 bits per heavy atom. The maximum absolute atomic E-state index is 12.2. The van der Waals surface area contributed by atoms with Gasteiger partial charge < -0.3 is 4.18 Å². The molecule has 0 spiro atoms. The molecule has 0 saturated heterocycles. The van der Waals surface area contributed by atoms with E-state index in [1.165, 1.54) is 12.1 Å². The molecule has 0 aliphatic heterocycles. The van der Waals surface area contributed by atoms with E-state index in [0.29, 0.717) is 5.56 Å². The molecule has 0 heterocycles. The standard InChI is InChI=1S/C13H11NO4S.Li.H/c14-19(16,17)18-12-9-5-4-8-11(12)13(15)10-6-2-1-3-7-10;;/h1-9H,(H2,14,16,17);;. The van der Waals surface area contributed by atoms with Crippen molar-refractivity contribution in [2.45, 2.75) is 0 Å². The maximum atomic E-state index is 12.2. The summed E-state index contributed by atoms with van der Waals surface area (Å²) in [5.74, 6) is -0.418. The van der Waals surface area contributed by atoms with E-state index in [1.807, 2.05) is 0 Å². The molecule has 0 amide bonds. The van der Waals surface area contributed by atoms with Crippen molar-refractivity contribution < 1.29 is 17.4 Å². The molecule has 0 fully saturated rings. The molecular formula is C13H12LiNO4S. The van der Waals surface area contributed by atoms with Gasteiger partial charge in [-0.1, -0.05) is 42.5 Å². The molecule has 0 saturated carbocycles. The molecular weight excluding hydrogens is 273 g/mol. The van der Waals surface area contributed by atoms with Crippen LogP contribution < -0.4 is 9.32 Å². The Morgan fingerprint density at radius 2 is 1.50 bits per heavy atom. The topological polar surface area (TPSA) is 86.5 Å². The van der Waals surface area contributed by atoms with E-state index in [4.69, 9.17) is 5.14 Å². The van der Waals surface area contributed by atoms with Gasteiger partial charge in [-0.3, -0.25) is 4.79 Å². The van der Waals surface area contributed by atoms with Gasteiger partial charge in [0.05, 0.1) is 5.56 Å². The Hall–Kier alpha value is -1.58. The summed E-state index contributed by atoms with van der Waals surface area (Å²) in [5, 5.41) is 4.81. The molecule has 0 atom stereocenters. The van der Waals surface area contributed by atoms with Gasteiger partial charge in [0.25, 0.3) is 0 Å². The molecule has 2 aromatic carbocycles. The molecule has 0 bridgehead atoms. The van der Waals surface area contributed by atoms with Crippen molar-refractivity contribution in [2.75, 3.05) is 0 Å². The van der Waals surface area contributed by atoms with E-state index in [0.717, 1.165) is 0 Å². The van der Waals surface area contributed by atoms with E-state index in [9.17, 15) is 13.2 Å². The third kappa shape index (κ3) is 4.22. The second-order valence-corrected chi connectivity index (χ2v) is 4.92. The number of para-hydroxylation sites is 1. The third-order valence-corrected chi connectivity index (χ3v) is 2.79. The molecule has 7 heteroatoms. The van der Waals surface area contributed by atoms with Crippen molar-refractivity contribution in [1.29, 1.82) is 0 Å². The third-order valence-electron chi connectivity index (χ3n) is 2.37. The number of hydrogen-bond acceptors (Lipinski definition) is 4. The van der Waals surface area contributed by atoms with Gasteiger partial charge in [0, 0.05) is 5.56 Å². The van der Waals surface area contributed by atoms with Crippen LogP contribution in [0.5, 0.6) is 5.75 Å². The summed E-state index contributed by atoms with van der Waals surface area (Å²) >= 11 is 0. The van der Waals surface area contributed by atoms with Crippen molar-refractivity contribution in [3.63, 3.8) is 0 Å². The van der Waals surface area contributed by atoms with E-state index in [-0.39, 0.29) is 36.0 Å². The average Bonchev–Trinajstić information content (AvgIpc) is 2.38. The molecule has 5 nitrogen and oxygen atoms in total. The predicted octanol–water partition coefficient (Wildman–Crippen LogP) is 0.851. The van der Waals surface area contributed by atoms with Crippen LogP contribution in [0.2, 0.25) is 0 Å². The van der Waals surface area contributed by atoms with Gasteiger partial charge in [0.2, 0.25) is 0 Å². The Labute approximate surface area is 129 Å². The van der Waals surface area contributed by atoms with E-state index >= 15 is 0 Å². The first-order valence-electron chi connectivity index (χ1n) is 5.38. The van der Waals surface area contributed by atoms with Gasteiger partial charge in [0.15, 0.2) is 11.5 Å². The second-order valence-electron chi connectivity index (χ2n) is 3.77. The summed E-state index contributed by atoms with van der Waals surface area (Å²) in [6, 6.07) is 14.5. The first-order valence-corrected chi connectivity index (χ1v) is 6.85. The van der Waals surface area contributed by atoms with Crippen molar-refractivity contribution in [3.8, 4) is 5.75 Å². The molecule has 0 aliphatic rings. The van der Waals surface area contributed by atoms with E-state index in [2.05, 4.69) is 4.18 Å². The average molecular weight is 285 g/mol. The van der Waals surface area contributed by atoms with Gasteiger partial charge in [0.1, 0.15) is 0 Å². The van der Waals surface area contributed by atoms with Crippen LogP contribution in [0.25, 0.3) is 0 Å². The Bertz CT molecular complexity index is 701. The molecule has 100 valence electrons. The summed E-state index contributed by atoms with van der Waals surface area (Å²) < 4.78 is 26.5. The number of rotatable bonds is 4. The van der Waals surface area contributed by atoms with Crippen LogP contribution in [0, 0.1) is 0 Å². The number of nitrogens with two attached hydrogens (primary N) is 1. The molecule has 0 radical (unpaired) electrons. The summed E-state index contributed by atoms with van der Waals surface area (Å²) in [6.07, 6.45) is 0. The fourth-order valence-corrected chi connectivity index (χ4v) is 1.99. The summed E-state index contributed by atoms with van der Waals surface area (Å²) in [5.41, 5.74) is 0.579. The first-order chi connectivity index (χ1) is 8.97. The van der Waals surface area contributed by atoms with E-state index < -0.39 is 10.3 Å². The zero-order valence-electron chi connectivity index (χ0n) is 9.81. The number of benzene rings is 2. The zero-order chi connectivity index (χ0) is 13.9. The van der Waals surface area contributed by atoms with Gasteiger partial charge in [-0.05, 0) is 12.1 Å². The SMILES string of the molecule is NS(=O)(=O)Oc1ccccc1C(=O)c1ccccc1.[LiH]. The zero-order valence-corrected chi connectivity index (χ0v) is 10.6. The molecule has 2 N–H and O–H groups in total. The quantitative estimate of drug-likeness (QED) is 0.666. The molecule has 2 aromatic rings. The molecule has 2 rings (SSSR count). The molecule has 0 aliphatic carbocycles. The normalized spacial score (nSPS) is 10.4. The van der Waals surface area contributed by atoms with Gasteiger partial charge in [-0.25, -0.2) is 0 Å². The van der Waals surface area contributed by atoms with Crippen molar-refractivity contribution in [1.82, 2.24) is 0 Å². The van der Waals surface area contributed by atoms with Crippen LogP contribution in [0.1, 0.15) is 15.9 Å². The van der Waals surface area contributed by atoms with Gasteiger partial charge >= 0.3 is 29.2 Å². The summed E-state index contributed by atoms with van der Waals surface area (Å²) in [6.45, 7) is 0. The summed E-state index contributed by atoms with van der Waals surface area (Å²) in [4.78, 5) is 12.2. The molecule has 20 heavy (non-hydrogen) atoms. The summed E-state index contributed by atoms with van der Waals surface area (Å²) in [7, 11) is -4.17. The van der Waals surface area contributed by atoms with Crippen LogP contribution >= 0.6 is 0 Å². The Morgan fingerprint density at radius 1 is 0.950 bits per heavy atom. The van der Waals surface area contributed by atoms with Crippen molar-refractivity contribution >= 4 is 34.9 Å². The second kappa shape index (κ2) is 6.73. The number of carbonyl (C=O) groups is 1. The predicted molar refractivity (Wildman–Crippen MR) is 77.2 cm³/mol. The van der Waals surface area contributed by atoms with Crippen LogP contribution in [0.15, 0.2) is 54.6 Å². The minimum absolute atomic E-state index is 0. The van der Waals surface area contributed by atoms with Crippen LogP contribution in [0.4, 0.5) is 0 Å². The van der Waals surface area contributed by atoms with Crippen molar-refractivity contribution in [2.24, 2.45) is 5.14 Å². The molecule has 0 unspecified atom stereocenters. The van der Waals surface area contributed by atoms with Gasteiger partial charge in [-0.15, -0.1) is 0 Å². The van der Waals surface area contributed by atoms with Crippen molar-refractivity contribution in [3.05, 3.63) is 65.7 Å². The first kappa shape index (κ1) is 16.5. The minimum atomic E-state index is -4.17. The number of carbonyl (C=O) groups excluding carboxylic acids is 1. The monoisotopic (exact) mass is 285 g/mol. The Balaban J connectivity index is 0.00000200. The number of ketones is 1. The molecule has 0 aromatic heterocycles. The fraction of sp³-hybridized carbons (Fsp3) is 0. The number of hydrogen-bond donors (Lipinski definition) is 1. The van der Waals surface area contributed by atoms with Gasteiger partial charge in [-0.2, -0.15) is 13.6 Å². The van der Waals surface area contributed by atoms with E-state index in [1.54, 1.807) is 42.5 Å². The fourth-order valence-electron chi connectivity index (χ4n) is 1.60. The van der Waals surface area contributed by atoms with Crippen LogP contribution in [0.3, 0.4) is 0 Å². The van der Waals surface area contributed by atoms with Crippen LogP contribution in [-0.2, 0) is 10.3 Å².